The fourth-order valence-electron chi connectivity index (χ4n) is 4.52. The van der Waals surface area contributed by atoms with E-state index in [0.29, 0.717) is 29.3 Å². The lowest BCUT2D eigenvalue weighted by Crippen LogP contribution is -2.49. The zero-order valence-corrected chi connectivity index (χ0v) is 26.8. The molecule has 232 valence electrons. The van der Waals surface area contributed by atoms with Crippen molar-refractivity contribution in [3.8, 4) is 0 Å². The molecule has 2 aromatic heterocycles. The molecule has 0 unspecified atom stereocenters. The first kappa shape index (κ1) is 34.1. The van der Waals surface area contributed by atoms with E-state index in [4.69, 9.17) is 5.73 Å². The molecule has 0 aliphatic carbocycles. The van der Waals surface area contributed by atoms with Crippen LogP contribution in [0.3, 0.4) is 0 Å². The van der Waals surface area contributed by atoms with Gasteiger partial charge in [-0.15, -0.1) is 35.1 Å². The first-order valence-electron chi connectivity index (χ1n) is 14.0. The van der Waals surface area contributed by atoms with Gasteiger partial charge in [0.05, 0.1) is 24.7 Å². The molecular weight excluding hydrogens is 610 g/mol. The van der Waals surface area contributed by atoms with E-state index in [9.17, 15) is 19.2 Å². The molecule has 14 heteroatoms. The minimum Gasteiger partial charge on any atom is -0.351 e. The number of carbonyl (C=O) groups excluding carboxylic acids is 4. The molecule has 0 saturated heterocycles. The average molecular weight is 648 g/mol. The summed E-state index contributed by atoms with van der Waals surface area (Å²) in [6.45, 7) is 6.07. The molecule has 3 heterocycles. The van der Waals surface area contributed by atoms with E-state index in [1.54, 1.807) is 10.8 Å². The van der Waals surface area contributed by atoms with Crippen LogP contribution in [0.4, 0.5) is 0 Å². The van der Waals surface area contributed by atoms with Gasteiger partial charge in [0.15, 0.2) is 0 Å². The minimum atomic E-state index is -0.739. The molecule has 0 spiro atoms. The Labute approximate surface area is 265 Å². The van der Waals surface area contributed by atoms with Crippen LogP contribution in [0.2, 0.25) is 0 Å². The zero-order chi connectivity index (χ0) is 30.2. The molecule has 1 aromatic carbocycles. The molecule has 0 saturated carbocycles. The highest BCUT2D eigenvalue weighted by Crippen LogP contribution is 2.27. The van der Waals surface area contributed by atoms with Crippen LogP contribution in [0.5, 0.6) is 0 Å². The van der Waals surface area contributed by atoms with Gasteiger partial charge in [-0.25, -0.2) is 9.97 Å². The highest BCUT2D eigenvalue weighted by Gasteiger charge is 2.28. The highest BCUT2D eigenvalue weighted by atomic mass is 35.5. The summed E-state index contributed by atoms with van der Waals surface area (Å²) in [6, 6.07) is 8.00. The van der Waals surface area contributed by atoms with Crippen LogP contribution >= 0.6 is 35.1 Å². The Kier molecular flexibility index (Phi) is 12.6. The average Bonchev–Trinajstić information content (AvgIpc) is 3.67. The third-order valence-electron chi connectivity index (χ3n) is 6.94. The SMILES string of the molecule is CC[C@H](N)C(=O)N1CCCNC(=O)c2csc(n2)[C@H](C(C)C)NC(=O)c2csc(n2)[C@H](Cc2ccccc2)NC(=O)C1.Cl. The lowest BCUT2D eigenvalue weighted by molar-refractivity contribution is -0.137. The molecule has 43 heavy (non-hydrogen) atoms. The van der Waals surface area contributed by atoms with Crippen LogP contribution in [-0.4, -0.2) is 64.2 Å². The van der Waals surface area contributed by atoms with Crippen molar-refractivity contribution in [1.29, 1.82) is 0 Å². The maximum atomic E-state index is 13.3. The number of benzene rings is 1. The predicted octanol–water partition coefficient (Wildman–Crippen LogP) is 3.25. The molecule has 1 aliphatic rings. The Morgan fingerprint density at radius 2 is 1.67 bits per heavy atom. The summed E-state index contributed by atoms with van der Waals surface area (Å²) in [5, 5.41) is 13.4. The number of nitrogens with two attached hydrogens (primary N) is 1. The van der Waals surface area contributed by atoms with Crippen molar-refractivity contribution in [3.63, 3.8) is 0 Å². The van der Waals surface area contributed by atoms with Gasteiger partial charge in [0.25, 0.3) is 11.8 Å². The van der Waals surface area contributed by atoms with E-state index >= 15 is 0 Å². The van der Waals surface area contributed by atoms with Crippen LogP contribution in [-0.2, 0) is 16.0 Å². The Bertz CT molecular complexity index is 1400. The smallest absolute Gasteiger partial charge is 0.271 e. The number of halogens is 1. The van der Waals surface area contributed by atoms with E-state index < -0.39 is 18.1 Å². The number of hydrogen-bond donors (Lipinski definition) is 4. The Morgan fingerprint density at radius 1 is 1.02 bits per heavy atom. The third-order valence-corrected chi connectivity index (χ3v) is 8.82. The van der Waals surface area contributed by atoms with Crippen molar-refractivity contribution in [1.82, 2.24) is 30.8 Å². The van der Waals surface area contributed by atoms with E-state index in [2.05, 4.69) is 25.9 Å². The summed E-state index contributed by atoms with van der Waals surface area (Å²) in [4.78, 5) is 63.0. The molecular formula is C29H38ClN7O4S2. The van der Waals surface area contributed by atoms with Crippen LogP contribution < -0.4 is 21.7 Å². The number of nitrogens with one attached hydrogen (secondary N) is 3. The van der Waals surface area contributed by atoms with E-state index in [0.717, 1.165) is 5.56 Å². The Morgan fingerprint density at radius 3 is 2.35 bits per heavy atom. The van der Waals surface area contributed by atoms with Gasteiger partial charge in [0, 0.05) is 23.8 Å². The summed E-state index contributed by atoms with van der Waals surface area (Å²) in [7, 11) is 0. The first-order valence-corrected chi connectivity index (χ1v) is 15.8. The van der Waals surface area contributed by atoms with Gasteiger partial charge in [0.2, 0.25) is 11.8 Å². The number of rotatable bonds is 5. The van der Waals surface area contributed by atoms with Gasteiger partial charge < -0.3 is 26.6 Å². The number of aromatic nitrogens is 2. The third kappa shape index (κ3) is 9.05. The number of amides is 4. The number of carbonyl (C=O) groups is 4. The second-order valence-corrected chi connectivity index (χ2v) is 12.3. The predicted molar refractivity (Wildman–Crippen MR) is 169 cm³/mol. The zero-order valence-electron chi connectivity index (χ0n) is 24.4. The highest BCUT2D eigenvalue weighted by molar-refractivity contribution is 7.10. The van der Waals surface area contributed by atoms with Gasteiger partial charge in [-0.3, -0.25) is 19.2 Å². The second-order valence-electron chi connectivity index (χ2n) is 10.5. The normalized spacial score (nSPS) is 19.2. The van der Waals surface area contributed by atoms with Gasteiger partial charge in [0.1, 0.15) is 21.4 Å². The Hall–Kier alpha value is -3.39. The fourth-order valence-corrected chi connectivity index (χ4v) is 6.39. The standard InChI is InChI=1S/C29H37N7O4S2.ClH/c1-4-19(30)29(40)36-12-8-11-31-25(38)21-15-42-28(34-21)24(17(2)3)35-26(39)22-16-41-27(33-22)20(32-23(37)14-36)13-18-9-6-5-7-10-18;/h5-7,9-10,15-17,19-20,24H,4,8,11-14,30H2,1-3H3,(H,31,38)(H,32,37)(H,35,39);1H/t19-,20-,24-;/m0./s1. The number of hydrogen-bond acceptors (Lipinski definition) is 9. The maximum absolute atomic E-state index is 13.3. The number of nitrogens with zero attached hydrogens (tertiary/aromatic N) is 3. The first-order chi connectivity index (χ1) is 20.2. The molecule has 1 aliphatic heterocycles. The quantitative estimate of drug-likeness (QED) is 0.331. The van der Waals surface area contributed by atoms with Crippen LogP contribution in [0.25, 0.3) is 0 Å². The molecule has 11 nitrogen and oxygen atoms in total. The molecule has 3 aromatic rings. The molecule has 5 N–H and O–H groups in total. The molecule has 4 bridgehead atoms. The molecule has 0 radical (unpaired) electrons. The van der Waals surface area contributed by atoms with Gasteiger partial charge >= 0.3 is 0 Å². The maximum Gasteiger partial charge on any atom is 0.271 e. The fraction of sp³-hybridized carbons (Fsp3) is 0.448. The van der Waals surface area contributed by atoms with Crippen molar-refractivity contribution in [2.24, 2.45) is 11.7 Å². The molecule has 0 fully saturated rings. The van der Waals surface area contributed by atoms with Gasteiger partial charge in [-0.05, 0) is 30.7 Å². The largest absolute Gasteiger partial charge is 0.351 e. The van der Waals surface area contributed by atoms with Crippen LogP contribution in [0, 0.1) is 5.92 Å². The van der Waals surface area contributed by atoms with Crippen molar-refractivity contribution >= 4 is 58.7 Å². The topological polar surface area (TPSA) is 159 Å². The van der Waals surface area contributed by atoms with Crippen LogP contribution in [0.1, 0.15) is 82.3 Å². The lowest BCUT2D eigenvalue weighted by atomic mass is 10.0. The van der Waals surface area contributed by atoms with Crippen molar-refractivity contribution in [2.45, 2.75) is 58.2 Å². The summed E-state index contributed by atoms with van der Waals surface area (Å²) in [5.74, 6) is -1.42. The van der Waals surface area contributed by atoms with Crippen molar-refractivity contribution in [2.75, 3.05) is 19.6 Å². The molecule has 4 rings (SSSR count). The molecule has 3 atom stereocenters. The van der Waals surface area contributed by atoms with Crippen LogP contribution in [0.15, 0.2) is 41.1 Å². The van der Waals surface area contributed by atoms with Gasteiger partial charge in [-0.1, -0.05) is 51.1 Å². The molecule has 4 amide bonds. The Balaban J connectivity index is 0.00000506. The summed E-state index contributed by atoms with van der Waals surface area (Å²) < 4.78 is 0. The summed E-state index contributed by atoms with van der Waals surface area (Å²) >= 11 is 2.60. The second kappa shape index (κ2) is 15.9. The summed E-state index contributed by atoms with van der Waals surface area (Å²) in [6.07, 6.45) is 1.30. The van der Waals surface area contributed by atoms with E-state index in [1.807, 2.05) is 51.1 Å². The monoisotopic (exact) mass is 647 g/mol. The van der Waals surface area contributed by atoms with Crippen molar-refractivity contribution in [3.05, 3.63) is 68.1 Å². The number of fused-ring (bicyclic) bond motifs is 4. The van der Waals surface area contributed by atoms with Gasteiger partial charge in [-0.2, -0.15) is 0 Å². The summed E-state index contributed by atoms with van der Waals surface area (Å²) in [5.41, 5.74) is 7.51. The minimum absolute atomic E-state index is 0. The van der Waals surface area contributed by atoms with Crippen molar-refractivity contribution < 1.29 is 19.2 Å². The van der Waals surface area contributed by atoms with E-state index in [-0.39, 0.29) is 73.0 Å². The lowest BCUT2D eigenvalue weighted by Gasteiger charge is -2.26. The van der Waals surface area contributed by atoms with E-state index in [1.165, 1.54) is 27.6 Å². The number of thiazole rings is 2.